The molecule has 0 aromatic carbocycles. The summed E-state index contributed by atoms with van der Waals surface area (Å²) < 4.78 is 5.26. The zero-order valence-electron chi connectivity index (χ0n) is 12.2. The molecule has 0 aliphatic heterocycles. The van der Waals surface area contributed by atoms with Crippen molar-refractivity contribution in [3.63, 3.8) is 0 Å². The average Bonchev–Trinajstić information content (AvgIpc) is 2.28. The highest BCUT2D eigenvalue weighted by atomic mass is 16.5. The van der Waals surface area contributed by atoms with Gasteiger partial charge in [0.15, 0.2) is 0 Å². The molecule has 0 radical (unpaired) electrons. The molecule has 1 rings (SSSR count). The molecule has 0 saturated heterocycles. The van der Waals surface area contributed by atoms with Gasteiger partial charge in [-0.15, -0.1) is 0 Å². The number of rotatable bonds is 7. The molecule has 2 heteroatoms. The Morgan fingerprint density at radius 2 is 2.06 bits per heavy atom. The second-order valence-corrected chi connectivity index (χ2v) is 6.19. The van der Waals surface area contributed by atoms with Crippen LogP contribution < -0.4 is 5.32 Å². The molecule has 0 amide bonds. The van der Waals surface area contributed by atoms with Gasteiger partial charge in [-0.2, -0.15) is 0 Å². The van der Waals surface area contributed by atoms with Crippen molar-refractivity contribution in [3.05, 3.63) is 0 Å². The maximum atomic E-state index is 5.26. The van der Waals surface area contributed by atoms with E-state index in [1.54, 1.807) is 7.11 Å². The van der Waals surface area contributed by atoms with Crippen LogP contribution >= 0.6 is 0 Å². The minimum Gasteiger partial charge on any atom is -0.383 e. The molecule has 102 valence electrons. The Labute approximate surface area is 108 Å². The molecule has 1 aliphatic carbocycles. The minimum atomic E-state index is 0.515. The molecule has 0 aromatic heterocycles. The number of nitrogens with one attached hydrogen (secondary N) is 1. The summed E-state index contributed by atoms with van der Waals surface area (Å²) in [6.07, 6.45) is 7.12. The van der Waals surface area contributed by atoms with E-state index < -0.39 is 0 Å². The minimum absolute atomic E-state index is 0.515. The van der Waals surface area contributed by atoms with Gasteiger partial charge in [0.1, 0.15) is 0 Å². The van der Waals surface area contributed by atoms with Crippen molar-refractivity contribution in [2.45, 2.75) is 58.9 Å². The molecule has 2 nitrogen and oxygen atoms in total. The lowest BCUT2D eigenvalue weighted by Crippen LogP contribution is -2.38. The van der Waals surface area contributed by atoms with Crippen LogP contribution in [0, 0.1) is 17.8 Å². The molecule has 0 aromatic rings. The van der Waals surface area contributed by atoms with Gasteiger partial charge >= 0.3 is 0 Å². The average molecular weight is 241 g/mol. The summed E-state index contributed by atoms with van der Waals surface area (Å²) in [5.41, 5.74) is 0. The van der Waals surface area contributed by atoms with Crippen molar-refractivity contribution in [3.8, 4) is 0 Å². The van der Waals surface area contributed by atoms with Crippen molar-refractivity contribution in [1.82, 2.24) is 5.32 Å². The van der Waals surface area contributed by atoms with E-state index in [1.807, 2.05) is 0 Å². The molecule has 0 bridgehead atoms. The van der Waals surface area contributed by atoms with Gasteiger partial charge in [0.2, 0.25) is 0 Å². The molecule has 3 unspecified atom stereocenters. The Hall–Kier alpha value is -0.0800. The fraction of sp³-hybridized carbons (Fsp3) is 1.00. The predicted molar refractivity (Wildman–Crippen MR) is 74.2 cm³/mol. The molecular weight excluding hydrogens is 210 g/mol. The molecule has 1 saturated carbocycles. The van der Waals surface area contributed by atoms with Crippen LogP contribution in [0.25, 0.3) is 0 Å². The molecule has 0 heterocycles. The second-order valence-electron chi connectivity index (χ2n) is 6.19. The van der Waals surface area contributed by atoms with Gasteiger partial charge in [0, 0.05) is 13.2 Å². The standard InChI is InChI=1S/C15H31NO/c1-12(2)15(11-17-4)16-9-8-14-7-5-6-13(3)10-14/h12-16H,5-11H2,1-4H3. The zero-order chi connectivity index (χ0) is 12.7. The smallest absolute Gasteiger partial charge is 0.0618 e. The van der Waals surface area contributed by atoms with Crippen LogP contribution in [0.2, 0.25) is 0 Å². The summed E-state index contributed by atoms with van der Waals surface area (Å²) >= 11 is 0. The molecule has 1 fully saturated rings. The third-order valence-electron chi connectivity index (χ3n) is 4.16. The highest BCUT2D eigenvalue weighted by molar-refractivity contribution is 4.74. The van der Waals surface area contributed by atoms with Gasteiger partial charge in [-0.1, -0.05) is 40.0 Å². The SMILES string of the molecule is COCC(NCCC1CCCC(C)C1)C(C)C. The quantitative estimate of drug-likeness (QED) is 0.737. The van der Waals surface area contributed by atoms with E-state index >= 15 is 0 Å². The van der Waals surface area contributed by atoms with E-state index in [0.29, 0.717) is 12.0 Å². The van der Waals surface area contributed by atoms with Gasteiger partial charge in [-0.25, -0.2) is 0 Å². The predicted octanol–water partition coefficient (Wildman–Crippen LogP) is 3.46. The highest BCUT2D eigenvalue weighted by Crippen LogP contribution is 2.30. The Bertz CT molecular complexity index is 193. The Kier molecular flexibility index (Phi) is 7.14. The zero-order valence-corrected chi connectivity index (χ0v) is 12.2. The summed E-state index contributed by atoms with van der Waals surface area (Å²) in [6, 6.07) is 0.515. The lowest BCUT2D eigenvalue weighted by Gasteiger charge is -2.28. The lowest BCUT2D eigenvalue weighted by molar-refractivity contribution is 0.145. The Morgan fingerprint density at radius 1 is 1.29 bits per heavy atom. The maximum Gasteiger partial charge on any atom is 0.0618 e. The normalized spacial score (nSPS) is 27.4. The summed E-state index contributed by atoms with van der Waals surface area (Å²) in [6.45, 7) is 8.92. The molecule has 17 heavy (non-hydrogen) atoms. The van der Waals surface area contributed by atoms with Crippen LogP contribution in [0.4, 0.5) is 0 Å². The van der Waals surface area contributed by atoms with Crippen molar-refractivity contribution in [1.29, 1.82) is 0 Å². The number of hydrogen-bond donors (Lipinski definition) is 1. The largest absolute Gasteiger partial charge is 0.383 e. The molecule has 1 aliphatic rings. The summed E-state index contributed by atoms with van der Waals surface area (Å²) in [4.78, 5) is 0. The molecule has 0 spiro atoms. The van der Waals surface area contributed by atoms with E-state index in [4.69, 9.17) is 4.74 Å². The van der Waals surface area contributed by atoms with Crippen LogP contribution in [0.1, 0.15) is 52.9 Å². The van der Waals surface area contributed by atoms with Gasteiger partial charge in [0.25, 0.3) is 0 Å². The van der Waals surface area contributed by atoms with E-state index in [1.165, 1.54) is 32.1 Å². The first-order valence-corrected chi connectivity index (χ1v) is 7.35. The molecule has 1 N–H and O–H groups in total. The first-order chi connectivity index (χ1) is 8.13. The van der Waals surface area contributed by atoms with Crippen molar-refractivity contribution in [2.24, 2.45) is 17.8 Å². The van der Waals surface area contributed by atoms with Crippen molar-refractivity contribution in [2.75, 3.05) is 20.3 Å². The van der Waals surface area contributed by atoms with E-state index in [0.717, 1.165) is 25.0 Å². The maximum absolute atomic E-state index is 5.26. The first kappa shape index (κ1) is 15.0. The molecule has 3 atom stereocenters. The third-order valence-corrected chi connectivity index (χ3v) is 4.16. The fourth-order valence-electron chi connectivity index (χ4n) is 2.96. The van der Waals surface area contributed by atoms with E-state index in [-0.39, 0.29) is 0 Å². The van der Waals surface area contributed by atoms with E-state index in [2.05, 4.69) is 26.1 Å². The van der Waals surface area contributed by atoms with Gasteiger partial charge in [-0.3, -0.25) is 0 Å². The molecular formula is C15H31NO. The monoisotopic (exact) mass is 241 g/mol. The van der Waals surface area contributed by atoms with Crippen LogP contribution in [-0.4, -0.2) is 26.3 Å². The highest BCUT2D eigenvalue weighted by Gasteiger charge is 2.19. The van der Waals surface area contributed by atoms with Crippen LogP contribution in [0.3, 0.4) is 0 Å². The van der Waals surface area contributed by atoms with Crippen LogP contribution in [0.15, 0.2) is 0 Å². The third kappa shape index (κ3) is 5.87. The van der Waals surface area contributed by atoms with Gasteiger partial charge < -0.3 is 10.1 Å². The number of hydrogen-bond acceptors (Lipinski definition) is 2. The van der Waals surface area contributed by atoms with Crippen molar-refractivity contribution >= 4 is 0 Å². The summed E-state index contributed by atoms with van der Waals surface area (Å²) in [5, 5.41) is 3.66. The van der Waals surface area contributed by atoms with E-state index in [9.17, 15) is 0 Å². The Balaban J connectivity index is 2.16. The van der Waals surface area contributed by atoms with Crippen molar-refractivity contribution < 1.29 is 4.74 Å². The van der Waals surface area contributed by atoms with Crippen LogP contribution in [-0.2, 0) is 4.74 Å². The number of ether oxygens (including phenoxy) is 1. The van der Waals surface area contributed by atoms with Crippen LogP contribution in [0.5, 0.6) is 0 Å². The lowest BCUT2D eigenvalue weighted by atomic mass is 9.81. The van der Waals surface area contributed by atoms with Gasteiger partial charge in [-0.05, 0) is 37.1 Å². The Morgan fingerprint density at radius 3 is 2.65 bits per heavy atom. The first-order valence-electron chi connectivity index (χ1n) is 7.35. The second kappa shape index (κ2) is 8.10. The number of methoxy groups -OCH3 is 1. The topological polar surface area (TPSA) is 21.3 Å². The summed E-state index contributed by atoms with van der Waals surface area (Å²) in [5.74, 6) is 2.57. The fourth-order valence-corrected chi connectivity index (χ4v) is 2.96. The van der Waals surface area contributed by atoms with Gasteiger partial charge in [0.05, 0.1) is 6.61 Å². The summed E-state index contributed by atoms with van der Waals surface area (Å²) in [7, 11) is 1.79.